The molecule has 0 aliphatic carbocycles. The second-order valence-electron chi connectivity index (χ2n) is 4.35. The van der Waals surface area contributed by atoms with Gasteiger partial charge in [0.1, 0.15) is 5.01 Å². The van der Waals surface area contributed by atoms with Crippen LogP contribution in [0, 0.1) is 13.8 Å². The van der Waals surface area contributed by atoms with Gasteiger partial charge in [0.2, 0.25) is 0 Å². The topological polar surface area (TPSA) is 34.2 Å². The van der Waals surface area contributed by atoms with E-state index in [4.69, 9.17) is 4.74 Å². The van der Waals surface area contributed by atoms with Crippen molar-refractivity contribution in [1.82, 2.24) is 10.3 Å². The molecule has 1 fully saturated rings. The molecule has 1 saturated heterocycles. The van der Waals surface area contributed by atoms with Crippen molar-refractivity contribution in [2.24, 2.45) is 0 Å². The van der Waals surface area contributed by atoms with E-state index in [1.54, 1.807) is 11.3 Å². The van der Waals surface area contributed by atoms with E-state index < -0.39 is 0 Å². The van der Waals surface area contributed by atoms with E-state index in [-0.39, 0.29) is 0 Å². The Morgan fingerprint density at radius 1 is 1.50 bits per heavy atom. The van der Waals surface area contributed by atoms with E-state index in [1.807, 2.05) is 0 Å². The van der Waals surface area contributed by atoms with Crippen molar-refractivity contribution < 1.29 is 4.74 Å². The van der Waals surface area contributed by atoms with Crippen LogP contribution < -0.4 is 5.32 Å². The number of ether oxygens (including phenoxy) is 1. The van der Waals surface area contributed by atoms with Crippen LogP contribution in [0.2, 0.25) is 0 Å². The van der Waals surface area contributed by atoms with Crippen LogP contribution in [0.3, 0.4) is 0 Å². The first-order valence-corrected chi connectivity index (χ1v) is 6.82. The zero-order valence-electron chi connectivity index (χ0n) is 10.1. The lowest BCUT2D eigenvalue weighted by Crippen LogP contribution is -2.19. The van der Waals surface area contributed by atoms with Crippen molar-refractivity contribution in [2.75, 3.05) is 13.2 Å². The summed E-state index contributed by atoms with van der Waals surface area (Å²) in [4.78, 5) is 5.83. The SMILES string of the molecule is Cc1nc(CNCCC2CCCO2)sc1C. The summed E-state index contributed by atoms with van der Waals surface area (Å²) in [5.41, 5.74) is 1.17. The summed E-state index contributed by atoms with van der Waals surface area (Å²) in [5.74, 6) is 0. The number of nitrogens with zero attached hydrogens (tertiary/aromatic N) is 1. The van der Waals surface area contributed by atoms with E-state index in [0.29, 0.717) is 6.10 Å². The van der Waals surface area contributed by atoms with Crippen molar-refractivity contribution in [3.63, 3.8) is 0 Å². The number of nitrogens with one attached hydrogen (secondary N) is 1. The highest BCUT2D eigenvalue weighted by molar-refractivity contribution is 7.11. The summed E-state index contributed by atoms with van der Waals surface area (Å²) in [7, 11) is 0. The smallest absolute Gasteiger partial charge is 0.107 e. The van der Waals surface area contributed by atoms with E-state index >= 15 is 0 Å². The molecule has 0 saturated carbocycles. The Bertz CT molecular complexity index is 312. The van der Waals surface area contributed by atoms with Gasteiger partial charge in [0.15, 0.2) is 0 Å². The van der Waals surface area contributed by atoms with Crippen LogP contribution in [0.4, 0.5) is 0 Å². The maximum absolute atomic E-state index is 5.58. The molecule has 16 heavy (non-hydrogen) atoms. The van der Waals surface area contributed by atoms with E-state index in [0.717, 1.165) is 26.1 Å². The molecule has 90 valence electrons. The molecule has 3 nitrogen and oxygen atoms in total. The predicted octanol–water partition coefficient (Wildman–Crippen LogP) is 2.42. The Balaban J connectivity index is 1.64. The van der Waals surface area contributed by atoms with Crippen LogP contribution >= 0.6 is 11.3 Å². The molecular formula is C12H20N2OS. The largest absolute Gasteiger partial charge is 0.378 e. The van der Waals surface area contributed by atoms with Crippen molar-refractivity contribution in [3.8, 4) is 0 Å². The molecule has 1 aliphatic heterocycles. The number of aromatic nitrogens is 1. The zero-order valence-corrected chi connectivity index (χ0v) is 10.9. The van der Waals surface area contributed by atoms with Crippen LogP contribution in [0.25, 0.3) is 0 Å². The summed E-state index contributed by atoms with van der Waals surface area (Å²) in [5, 5.41) is 4.63. The molecule has 4 heteroatoms. The average Bonchev–Trinajstić information content (AvgIpc) is 2.85. The van der Waals surface area contributed by atoms with Crippen LogP contribution in [0.5, 0.6) is 0 Å². The standard InChI is InChI=1S/C12H20N2OS/c1-9-10(2)16-12(14-9)8-13-6-5-11-4-3-7-15-11/h11,13H,3-8H2,1-2H3. The van der Waals surface area contributed by atoms with Crippen LogP contribution in [-0.2, 0) is 11.3 Å². The number of aryl methyl sites for hydroxylation is 2. The van der Waals surface area contributed by atoms with Gasteiger partial charge in [0.05, 0.1) is 11.8 Å². The lowest BCUT2D eigenvalue weighted by Gasteiger charge is -2.08. The fourth-order valence-electron chi connectivity index (χ4n) is 1.95. The third kappa shape index (κ3) is 3.27. The van der Waals surface area contributed by atoms with Crippen molar-refractivity contribution in [2.45, 2.75) is 45.8 Å². The molecule has 1 aromatic rings. The fraction of sp³-hybridized carbons (Fsp3) is 0.750. The Hall–Kier alpha value is -0.450. The van der Waals surface area contributed by atoms with Gasteiger partial charge in [-0.1, -0.05) is 0 Å². The Kier molecular flexibility index (Phi) is 4.32. The molecule has 0 radical (unpaired) electrons. The number of hydrogen-bond donors (Lipinski definition) is 1. The normalized spacial score (nSPS) is 20.5. The van der Waals surface area contributed by atoms with Gasteiger partial charge < -0.3 is 10.1 Å². The lowest BCUT2D eigenvalue weighted by molar-refractivity contribution is 0.104. The van der Waals surface area contributed by atoms with Gasteiger partial charge in [-0.15, -0.1) is 11.3 Å². The van der Waals surface area contributed by atoms with Gasteiger partial charge in [0.25, 0.3) is 0 Å². The number of hydrogen-bond acceptors (Lipinski definition) is 4. The minimum Gasteiger partial charge on any atom is -0.378 e. The molecule has 1 N–H and O–H groups in total. The zero-order chi connectivity index (χ0) is 11.4. The van der Waals surface area contributed by atoms with Crippen molar-refractivity contribution in [1.29, 1.82) is 0 Å². The van der Waals surface area contributed by atoms with Crippen molar-refractivity contribution in [3.05, 3.63) is 15.6 Å². The summed E-state index contributed by atoms with van der Waals surface area (Å²) >= 11 is 1.79. The van der Waals surface area contributed by atoms with Crippen LogP contribution in [-0.4, -0.2) is 24.2 Å². The van der Waals surface area contributed by atoms with Gasteiger partial charge in [-0.3, -0.25) is 0 Å². The summed E-state index contributed by atoms with van der Waals surface area (Å²) in [6.07, 6.45) is 4.09. The van der Waals surface area contributed by atoms with Gasteiger partial charge >= 0.3 is 0 Å². The molecule has 1 aromatic heterocycles. The first-order valence-electron chi connectivity index (χ1n) is 6.01. The number of rotatable bonds is 5. The highest BCUT2D eigenvalue weighted by atomic mass is 32.1. The molecule has 0 aromatic carbocycles. The molecule has 1 aliphatic rings. The summed E-state index contributed by atoms with van der Waals surface area (Å²) < 4.78 is 5.58. The van der Waals surface area contributed by atoms with Gasteiger partial charge in [-0.2, -0.15) is 0 Å². The Morgan fingerprint density at radius 3 is 3.00 bits per heavy atom. The van der Waals surface area contributed by atoms with E-state index in [1.165, 1.54) is 28.4 Å². The van der Waals surface area contributed by atoms with E-state index in [9.17, 15) is 0 Å². The maximum atomic E-state index is 5.58. The molecule has 2 heterocycles. The fourth-order valence-corrected chi connectivity index (χ4v) is 2.85. The number of thiazole rings is 1. The van der Waals surface area contributed by atoms with E-state index in [2.05, 4.69) is 24.1 Å². The van der Waals surface area contributed by atoms with Gasteiger partial charge in [-0.25, -0.2) is 4.98 Å². The Morgan fingerprint density at radius 2 is 2.38 bits per heavy atom. The molecule has 1 unspecified atom stereocenters. The third-order valence-electron chi connectivity index (χ3n) is 3.02. The Labute approximate surface area is 101 Å². The first kappa shape index (κ1) is 12.0. The predicted molar refractivity (Wildman–Crippen MR) is 66.9 cm³/mol. The molecule has 0 bridgehead atoms. The van der Waals surface area contributed by atoms with Crippen molar-refractivity contribution >= 4 is 11.3 Å². The molecule has 2 rings (SSSR count). The molecular weight excluding hydrogens is 220 g/mol. The highest BCUT2D eigenvalue weighted by Crippen LogP contribution is 2.17. The first-order chi connectivity index (χ1) is 7.75. The quantitative estimate of drug-likeness (QED) is 0.803. The minimum atomic E-state index is 0.493. The maximum Gasteiger partial charge on any atom is 0.107 e. The summed E-state index contributed by atoms with van der Waals surface area (Å²) in [6, 6.07) is 0. The molecule has 1 atom stereocenters. The molecule has 0 amide bonds. The second-order valence-corrected chi connectivity index (χ2v) is 5.64. The van der Waals surface area contributed by atoms with Gasteiger partial charge in [0, 0.05) is 18.0 Å². The van der Waals surface area contributed by atoms with Crippen LogP contribution in [0.1, 0.15) is 34.8 Å². The van der Waals surface area contributed by atoms with Gasteiger partial charge in [-0.05, 0) is 39.7 Å². The monoisotopic (exact) mass is 240 g/mol. The minimum absolute atomic E-state index is 0.493. The third-order valence-corrected chi connectivity index (χ3v) is 4.09. The summed E-state index contributed by atoms with van der Waals surface area (Å²) in [6.45, 7) is 7.08. The molecule has 0 spiro atoms. The average molecular weight is 240 g/mol. The lowest BCUT2D eigenvalue weighted by atomic mass is 10.2. The highest BCUT2D eigenvalue weighted by Gasteiger charge is 2.14. The second kappa shape index (κ2) is 5.75. The van der Waals surface area contributed by atoms with Crippen LogP contribution in [0.15, 0.2) is 0 Å².